The van der Waals surface area contributed by atoms with E-state index in [2.05, 4.69) is 0 Å². The monoisotopic (exact) mass is 216 g/mol. The Morgan fingerprint density at radius 3 is 2.27 bits per heavy atom. The van der Waals surface area contributed by atoms with Gasteiger partial charge in [0, 0.05) is 13.2 Å². The smallest absolute Gasteiger partial charge is 0.174 e. The second kappa shape index (κ2) is 5.05. The molecule has 1 fully saturated rings. The van der Waals surface area contributed by atoms with Gasteiger partial charge in [-0.05, 0) is 27.7 Å². The highest BCUT2D eigenvalue weighted by molar-refractivity contribution is 5.90. The van der Waals surface area contributed by atoms with E-state index in [-0.39, 0.29) is 11.7 Å². The molecule has 15 heavy (non-hydrogen) atoms. The Hall–Kier alpha value is -0.450. The molecule has 1 heterocycles. The number of hydrogen-bond donors (Lipinski definition) is 0. The Morgan fingerprint density at radius 1 is 1.40 bits per heavy atom. The van der Waals surface area contributed by atoms with Gasteiger partial charge in [-0.25, -0.2) is 0 Å². The second-order valence-corrected chi connectivity index (χ2v) is 4.07. The first-order valence-corrected chi connectivity index (χ1v) is 5.44. The molecule has 1 aliphatic rings. The summed E-state index contributed by atoms with van der Waals surface area (Å²) in [6.07, 6.45) is -0.464. The SMILES string of the molecule is CCOC(OCC)C1COC(C)(C)C1=O. The molecule has 0 aromatic rings. The van der Waals surface area contributed by atoms with Crippen LogP contribution in [0.15, 0.2) is 0 Å². The highest BCUT2D eigenvalue weighted by Gasteiger charge is 2.46. The number of carbonyl (C=O) groups is 1. The standard InChI is InChI=1S/C11H20O4/c1-5-13-10(14-6-2)8-7-15-11(3,4)9(8)12/h8,10H,5-7H2,1-4H3. The highest BCUT2D eigenvalue weighted by Crippen LogP contribution is 2.29. The van der Waals surface area contributed by atoms with Gasteiger partial charge in [-0.3, -0.25) is 4.79 Å². The largest absolute Gasteiger partial charge is 0.367 e. The Bertz CT molecular complexity index is 219. The fourth-order valence-corrected chi connectivity index (χ4v) is 1.70. The van der Waals surface area contributed by atoms with E-state index < -0.39 is 11.9 Å². The zero-order valence-electron chi connectivity index (χ0n) is 9.91. The van der Waals surface area contributed by atoms with Gasteiger partial charge < -0.3 is 14.2 Å². The van der Waals surface area contributed by atoms with Crippen LogP contribution in [0.4, 0.5) is 0 Å². The molecule has 0 radical (unpaired) electrons. The molecule has 0 N–H and O–H groups in total. The van der Waals surface area contributed by atoms with Crippen LogP contribution in [0, 0.1) is 5.92 Å². The Morgan fingerprint density at radius 2 is 1.93 bits per heavy atom. The number of carbonyl (C=O) groups excluding carboxylic acids is 1. The second-order valence-electron chi connectivity index (χ2n) is 4.07. The third kappa shape index (κ3) is 2.77. The number of ketones is 1. The van der Waals surface area contributed by atoms with Crippen LogP contribution in [0.1, 0.15) is 27.7 Å². The van der Waals surface area contributed by atoms with Gasteiger partial charge in [0.25, 0.3) is 0 Å². The summed E-state index contributed by atoms with van der Waals surface area (Å²) in [5, 5.41) is 0. The predicted molar refractivity (Wildman–Crippen MR) is 55.6 cm³/mol. The third-order valence-corrected chi connectivity index (χ3v) is 2.54. The molecule has 4 heteroatoms. The zero-order valence-corrected chi connectivity index (χ0v) is 9.91. The summed E-state index contributed by atoms with van der Waals surface area (Å²) in [6.45, 7) is 8.80. The summed E-state index contributed by atoms with van der Waals surface area (Å²) in [5.74, 6) is -0.228. The van der Waals surface area contributed by atoms with E-state index in [1.165, 1.54) is 0 Å². The van der Waals surface area contributed by atoms with Crippen molar-refractivity contribution in [3.63, 3.8) is 0 Å². The summed E-state index contributed by atoms with van der Waals surface area (Å²) in [4.78, 5) is 11.9. The van der Waals surface area contributed by atoms with Crippen molar-refractivity contribution >= 4 is 5.78 Å². The molecule has 0 saturated carbocycles. The average molecular weight is 216 g/mol. The lowest BCUT2D eigenvalue weighted by Crippen LogP contribution is -2.37. The van der Waals surface area contributed by atoms with Crippen molar-refractivity contribution in [2.75, 3.05) is 19.8 Å². The lowest BCUT2D eigenvalue weighted by atomic mass is 9.95. The minimum absolute atomic E-state index is 0.0643. The molecule has 1 unspecified atom stereocenters. The van der Waals surface area contributed by atoms with Gasteiger partial charge in [0.2, 0.25) is 0 Å². The van der Waals surface area contributed by atoms with E-state index in [4.69, 9.17) is 14.2 Å². The maximum atomic E-state index is 11.9. The van der Waals surface area contributed by atoms with Crippen molar-refractivity contribution in [3.05, 3.63) is 0 Å². The first kappa shape index (κ1) is 12.6. The van der Waals surface area contributed by atoms with Crippen molar-refractivity contribution in [2.45, 2.75) is 39.6 Å². The minimum Gasteiger partial charge on any atom is -0.367 e. The summed E-state index contributed by atoms with van der Waals surface area (Å²) < 4.78 is 16.2. The van der Waals surface area contributed by atoms with E-state index in [9.17, 15) is 4.79 Å². The number of ether oxygens (including phenoxy) is 3. The lowest BCUT2D eigenvalue weighted by molar-refractivity contribution is -0.171. The number of rotatable bonds is 5. The average Bonchev–Trinajstić information content (AvgIpc) is 2.43. The molecule has 88 valence electrons. The Labute approximate surface area is 90.9 Å². The van der Waals surface area contributed by atoms with Gasteiger partial charge in [0.1, 0.15) is 5.60 Å². The van der Waals surface area contributed by atoms with E-state index in [0.29, 0.717) is 19.8 Å². The Balaban J connectivity index is 2.65. The quantitative estimate of drug-likeness (QED) is 0.651. The van der Waals surface area contributed by atoms with E-state index >= 15 is 0 Å². The molecule has 1 rings (SSSR count). The van der Waals surface area contributed by atoms with Crippen molar-refractivity contribution < 1.29 is 19.0 Å². The van der Waals surface area contributed by atoms with Crippen LogP contribution in [0.25, 0.3) is 0 Å². The molecular formula is C11H20O4. The van der Waals surface area contributed by atoms with Gasteiger partial charge in [-0.1, -0.05) is 0 Å². The van der Waals surface area contributed by atoms with Crippen molar-refractivity contribution in [3.8, 4) is 0 Å². The van der Waals surface area contributed by atoms with Gasteiger partial charge in [0.15, 0.2) is 12.1 Å². The van der Waals surface area contributed by atoms with Crippen LogP contribution >= 0.6 is 0 Å². The number of Topliss-reactive ketones (excluding diaryl/α,β-unsaturated/α-hetero) is 1. The first-order chi connectivity index (χ1) is 7.03. The van der Waals surface area contributed by atoms with Gasteiger partial charge in [-0.2, -0.15) is 0 Å². The normalized spacial score (nSPS) is 25.1. The lowest BCUT2D eigenvalue weighted by Gasteiger charge is -2.22. The van der Waals surface area contributed by atoms with Crippen LogP contribution in [0.5, 0.6) is 0 Å². The first-order valence-electron chi connectivity index (χ1n) is 5.44. The fourth-order valence-electron chi connectivity index (χ4n) is 1.70. The molecule has 1 saturated heterocycles. The van der Waals surface area contributed by atoms with Crippen molar-refractivity contribution in [1.29, 1.82) is 0 Å². The molecule has 0 amide bonds. The maximum Gasteiger partial charge on any atom is 0.174 e. The van der Waals surface area contributed by atoms with Gasteiger partial charge in [-0.15, -0.1) is 0 Å². The predicted octanol–water partition coefficient (Wildman–Crippen LogP) is 1.38. The van der Waals surface area contributed by atoms with Gasteiger partial charge >= 0.3 is 0 Å². The molecule has 1 aliphatic heterocycles. The minimum atomic E-state index is -0.697. The van der Waals surface area contributed by atoms with E-state index in [1.807, 2.05) is 13.8 Å². The Kier molecular flexibility index (Phi) is 4.25. The van der Waals surface area contributed by atoms with Crippen molar-refractivity contribution in [2.24, 2.45) is 5.92 Å². The van der Waals surface area contributed by atoms with E-state index in [1.54, 1.807) is 13.8 Å². The molecule has 4 nitrogen and oxygen atoms in total. The summed E-state index contributed by atoms with van der Waals surface area (Å²) in [6, 6.07) is 0. The topological polar surface area (TPSA) is 44.8 Å². The fraction of sp³-hybridized carbons (Fsp3) is 0.909. The molecule has 1 atom stereocenters. The van der Waals surface area contributed by atoms with Crippen LogP contribution in [-0.2, 0) is 19.0 Å². The zero-order chi connectivity index (χ0) is 11.5. The van der Waals surface area contributed by atoms with Crippen molar-refractivity contribution in [1.82, 2.24) is 0 Å². The molecule has 0 aromatic heterocycles. The van der Waals surface area contributed by atoms with E-state index in [0.717, 1.165) is 0 Å². The molecule has 0 aliphatic carbocycles. The maximum absolute atomic E-state index is 11.9. The summed E-state index contributed by atoms with van der Waals surface area (Å²) in [7, 11) is 0. The molecular weight excluding hydrogens is 196 g/mol. The van der Waals surface area contributed by atoms with Crippen LogP contribution in [0.3, 0.4) is 0 Å². The van der Waals surface area contributed by atoms with Gasteiger partial charge in [0.05, 0.1) is 12.5 Å². The molecule has 0 spiro atoms. The molecule has 0 bridgehead atoms. The van der Waals surface area contributed by atoms with Crippen LogP contribution in [0.2, 0.25) is 0 Å². The third-order valence-electron chi connectivity index (χ3n) is 2.54. The molecule has 0 aromatic carbocycles. The van der Waals surface area contributed by atoms with Crippen LogP contribution in [-0.4, -0.2) is 37.5 Å². The summed E-state index contributed by atoms with van der Waals surface area (Å²) >= 11 is 0. The summed E-state index contributed by atoms with van der Waals surface area (Å²) in [5.41, 5.74) is -0.697. The highest BCUT2D eigenvalue weighted by atomic mass is 16.7. The number of hydrogen-bond acceptors (Lipinski definition) is 4. The van der Waals surface area contributed by atoms with Crippen LogP contribution < -0.4 is 0 Å².